The summed E-state index contributed by atoms with van der Waals surface area (Å²) in [4.78, 5) is 19.9. The summed E-state index contributed by atoms with van der Waals surface area (Å²) in [6, 6.07) is 14.0. The molecular formula is C26H28N6O2. The predicted octanol–water partition coefficient (Wildman–Crippen LogP) is 4.16. The van der Waals surface area contributed by atoms with Gasteiger partial charge >= 0.3 is 0 Å². The van der Waals surface area contributed by atoms with Crippen molar-refractivity contribution in [3.05, 3.63) is 72.4 Å². The van der Waals surface area contributed by atoms with E-state index in [0.717, 1.165) is 29.1 Å². The van der Waals surface area contributed by atoms with E-state index in [1.165, 1.54) is 5.56 Å². The summed E-state index contributed by atoms with van der Waals surface area (Å²) in [5.74, 6) is 0.730. The summed E-state index contributed by atoms with van der Waals surface area (Å²) < 4.78 is 9.30. The highest BCUT2D eigenvalue weighted by atomic mass is 16.5. The lowest BCUT2D eigenvalue weighted by Gasteiger charge is -2.31. The average molecular weight is 457 g/mol. The van der Waals surface area contributed by atoms with Crippen molar-refractivity contribution in [1.82, 2.24) is 24.5 Å². The van der Waals surface area contributed by atoms with Crippen LogP contribution in [-0.4, -0.2) is 44.1 Å². The summed E-state index contributed by atoms with van der Waals surface area (Å²) in [5, 5.41) is 8.84. The van der Waals surface area contributed by atoms with Gasteiger partial charge in [0.05, 0.1) is 31.0 Å². The van der Waals surface area contributed by atoms with E-state index >= 15 is 0 Å². The number of ether oxygens (including phenoxy) is 1. The molecule has 1 aliphatic heterocycles. The molecule has 5 rings (SSSR count). The molecule has 0 spiro atoms. The molecule has 34 heavy (non-hydrogen) atoms. The van der Waals surface area contributed by atoms with E-state index in [4.69, 9.17) is 4.74 Å². The van der Waals surface area contributed by atoms with E-state index < -0.39 is 5.54 Å². The van der Waals surface area contributed by atoms with Gasteiger partial charge < -0.3 is 14.2 Å². The first-order valence-electron chi connectivity index (χ1n) is 11.5. The number of para-hydroxylation sites is 1. The molecule has 4 aromatic rings. The highest BCUT2D eigenvalue weighted by Gasteiger charge is 2.42. The Kier molecular flexibility index (Phi) is 5.43. The minimum atomic E-state index is -0.835. The number of methoxy groups -OCH3 is 1. The van der Waals surface area contributed by atoms with Crippen molar-refractivity contribution >= 4 is 11.6 Å². The van der Waals surface area contributed by atoms with Crippen LogP contribution < -0.4 is 9.64 Å². The molecule has 0 bridgehead atoms. The fourth-order valence-electron chi connectivity index (χ4n) is 4.64. The molecule has 0 N–H and O–H groups in total. The second kappa shape index (κ2) is 8.44. The van der Waals surface area contributed by atoms with Crippen molar-refractivity contribution in [2.24, 2.45) is 0 Å². The monoisotopic (exact) mass is 456 g/mol. The van der Waals surface area contributed by atoms with Gasteiger partial charge in [0.15, 0.2) is 0 Å². The maximum atomic E-state index is 13.7. The van der Waals surface area contributed by atoms with Gasteiger partial charge in [-0.15, -0.1) is 5.10 Å². The Morgan fingerprint density at radius 1 is 1.12 bits per heavy atom. The van der Waals surface area contributed by atoms with Gasteiger partial charge in [-0.25, -0.2) is 9.67 Å². The molecule has 0 saturated heterocycles. The normalized spacial score (nSPS) is 18.0. The lowest BCUT2D eigenvalue weighted by Crippen LogP contribution is -2.48. The number of carbonyl (C=O) groups excluding carboxylic acids is 1. The zero-order chi connectivity index (χ0) is 23.9. The van der Waals surface area contributed by atoms with Gasteiger partial charge in [-0.2, -0.15) is 0 Å². The number of fused-ring (bicyclic) bond motifs is 1. The molecule has 0 radical (unpaired) electrons. The third kappa shape index (κ3) is 3.55. The third-order valence-electron chi connectivity index (χ3n) is 6.65. The first-order chi connectivity index (χ1) is 16.4. The molecule has 1 atom stereocenters. The number of likely N-dealkylation sites (N-methyl/N-ethyl adjacent to an activating group) is 1. The number of hydrogen-bond donors (Lipinski definition) is 0. The molecule has 0 saturated carbocycles. The summed E-state index contributed by atoms with van der Waals surface area (Å²) in [7, 11) is 1.64. The quantitative estimate of drug-likeness (QED) is 0.451. The summed E-state index contributed by atoms with van der Waals surface area (Å²) in [5.41, 5.74) is 4.69. The van der Waals surface area contributed by atoms with Crippen LogP contribution in [-0.2, 0) is 16.8 Å². The van der Waals surface area contributed by atoms with Crippen LogP contribution in [0.4, 0.5) is 5.69 Å². The number of imidazole rings is 1. The number of benzene rings is 2. The van der Waals surface area contributed by atoms with Crippen LogP contribution in [0.3, 0.4) is 0 Å². The molecule has 0 aliphatic carbocycles. The Morgan fingerprint density at radius 2 is 1.94 bits per heavy atom. The van der Waals surface area contributed by atoms with Crippen LogP contribution in [0.25, 0.3) is 16.9 Å². The van der Waals surface area contributed by atoms with Crippen molar-refractivity contribution in [2.45, 2.75) is 39.2 Å². The fourth-order valence-corrected chi connectivity index (χ4v) is 4.64. The smallest absolute Gasteiger partial charge is 0.254 e. The van der Waals surface area contributed by atoms with Crippen LogP contribution in [0.1, 0.15) is 31.5 Å². The van der Waals surface area contributed by atoms with Crippen molar-refractivity contribution < 1.29 is 9.53 Å². The Bertz CT molecular complexity index is 1360. The molecule has 1 amide bonds. The Labute approximate surface area is 198 Å². The van der Waals surface area contributed by atoms with E-state index in [2.05, 4.69) is 21.4 Å². The topological polar surface area (TPSA) is 78.1 Å². The highest BCUT2D eigenvalue weighted by molar-refractivity contribution is 6.00. The van der Waals surface area contributed by atoms with Gasteiger partial charge in [-0.1, -0.05) is 29.5 Å². The first-order valence-corrected chi connectivity index (χ1v) is 11.5. The number of anilines is 1. The largest absolute Gasteiger partial charge is 0.495 e. The van der Waals surface area contributed by atoms with Crippen LogP contribution in [0.15, 0.2) is 61.2 Å². The van der Waals surface area contributed by atoms with Crippen LogP contribution in [0.2, 0.25) is 0 Å². The van der Waals surface area contributed by atoms with Crippen LogP contribution >= 0.6 is 0 Å². The van der Waals surface area contributed by atoms with Crippen LogP contribution in [0.5, 0.6) is 5.75 Å². The average Bonchev–Trinajstić information content (AvgIpc) is 3.51. The number of rotatable bonds is 5. The minimum Gasteiger partial charge on any atom is -0.495 e. The van der Waals surface area contributed by atoms with E-state index in [-0.39, 0.29) is 5.91 Å². The van der Waals surface area contributed by atoms with Gasteiger partial charge in [0.25, 0.3) is 5.91 Å². The van der Waals surface area contributed by atoms with Crippen LogP contribution in [0, 0.1) is 6.92 Å². The molecule has 0 fully saturated rings. The molecule has 8 nitrogen and oxygen atoms in total. The van der Waals surface area contributed by atoms with Gasteiger partial charge in [0.1, 0.15) is 17.0 Å². The molecule has 2 aromatic carbocycles. The third-order valence-corrected chi connectivity index (χ3v) is 6.65. The molecule has 174 valence electrons. The van der Waals surface area contributed by atoms with Crippen molar-refractivity contribution in [1.29, 1.82) is 0 Å². The number of aryl methyl sites for hydroxylation is 2. The second-order valence-electron chi connectivity index (χ2n) is 8.81. The maximum absolute atomic E-state index is 13.7. The summed E-state index contributed by atoms with van der Waals surface area (Å²) >= 11 is 0. The molecule has 3 heterocycles. The first kappa shape index (κ1) is 21.9. The standard InChI is InChI=1S/C26H28N6O2/c1-5-31-22-9-7-6-8-19(22)12-13-26(3,25(31)33)32-16-21(28-29-32)20-10-11-23(24(14-20)34-4)30-15-18(2)27-17-30/h6-11,14-17H,5,12-13H2,1-4H3. The number of carbonyl (C=O) groups is 1. The summed E-state index contributed by atoms with van der Waals surface area (Å²) in [6.45, 7) is 6.50. The zero-order valence-electron chi connectivity index (χ0n) is 19.9. The van der Waals surface area contributed by atoms with Crippen molar-refractivity contribution in [3.8, 4) is 22.7 Å². The van der Waals surface area contributed by atoms with E-state index in [1.807, 2.05) is 79.0 Å². The van der Waals surface area contributed by atoms with E-state index in [1.54, 1.807) is 18.1 Å². The molecular weight excluding hydrogens is 428 g/mol. The Morgan fingerprint density at radius 3 is 2.68 bits per heavy atom. The Balaban J connectivity index is 1.50. The Hall–Kier alpha value is -3.94. The van der Waals surface area contributed by atoms with Gasteiger partial charge in [0, 0.05) is 24.0 Å². The lowest BCUT2D eigenvalue weighted by atomic mass is 9.94. The SMILES string of the molecule is CCN1C(=O)C(C)(n2cc(-c3ccc(-n4cnc(C)c4)c(OC)c3)nn2)CCc2ccccc21. The number of hydrogen-bond acceptors (Lipinski definition) is 5. The number of nitrogens with zero attached hydrogens (tertiary/aromatic N) is 6. The summed E-state index contributed by atoms with van der Waals surface area (Å²) in [6.07, 6.45) is 7.00. The molecule has 1 aliphatic rings. The fraction of sp³-hybridized carbons (Fsp3) is 0.308. The van der Waals surface area contributed by atoms with Gasteiger partial charge in [0.2, 0.25) is 0 Å². The number of aromatic nitrogens is 5. The minimum absolute atomic E-state index is 0.0276. The van der Waals surface area contributed by atoms with Gasteiger partial charge in [-0.05, 0) is 57.4 Å². The predicted molar refractivity (Wildman–Crippen MR) is 130 cm³/mol. The molecule has 1 unspecified atom stereocenters. The number of amides is 1. The lowest BCUT2D eigenvalue weighted by molar-refractivity contribution is -0.127. The van der Waals surface area contributed by atoms with E-state index in [9.17, 15) is 4.79 Å². The van der Waals surface area contributed by atoms with Crippen molar-refractivity contribution in [3.63, 3.8) is 0 Å². The maximum Gasteiger partial charge on any atom is 0.254 e. The molecule has 2 aromatic heterocycles. The van der Waals surface area contributed by atoms with Crippen molar-refractivity contribution in [2.75, 3.05) is 18.6 Å². The highest BCUT2D eigenvalue weighted by Crippen LogP contribution is 2.36. The second-order valence-corrected chi connectivity index (χ2v) is 8.81. The van der Waals surface area contributed by atoms with E-state index in [0.29, 0.717) is 24.4 Å². The molecule has 8 heteroatoms. The zero-order valence-corrected chi connectivity index (χ0v) is 19.9. The van der Waals surface area contributed by atoms with Gasteiger partial charge in [-0.3, -0.25) is 4.79 Å².